The van der Waals surface area contributed by atoms with Crippen LogP contribution in [0.4, 0.5) is 11.4 Å². The Labute approximate surface area is 163 Å². The van der Waals surface area contributed by atoms with Gasteiger partial charge in [-0.1, -0.05) is 18.2 Å². The van der Waals surface area contributed by atoms with Crippen LogP contribution in [0.1, 0.15) is 0 Å². The minimum atomic E-state index is -0.687. The van der Waals surface area contributed by atoms with Crippen LogP contribution in [0.2, 0.25) is 0 Å². The number of nitro groups is 2. The third kappa shape index (κ3) is 2.71. The Kier molecular flexibility index (Phi) is 3.64. The fraction of sp³-hybridized carbons (Fsp3) is 0. The number of para-hydroxylation sites is 1. The summed E-state index contributed by atoms with van der Waals surface area (Å²) in [5.41, 5.74) is 1.25. The molecular formula is C16H8N8O4S. The zero-order chi connectivity index (χ0) is 20.1. The van der Waals surface area contributed by atoms with Crippen molar-refractivity contribution in [3.63, 3.8) is 0 Å². The highest BCUT2D eigenvalue weighted by Gasteiger charge is 2.23. The largest absolute Gasteiger partial charge is 0.338 e. The van der Waals surface area contributed by atoms with Gasteiger partial charge in [-0.3, -0.25) is 20.2 Å². The van der Waals surface area contributed by atoms with E-state index in [0.717, 1.165) is 28.7 Å². The Morgan fingerprint density at radius 1 is 1.03 bits per heavy atom. The first kappa shape index (κ1) is 17.0. The van der Waals surface area contributed by atoms with E-state index in [0.29, 0.717) is 11.2 Å². The Morgan fingerprint density at radius 2 is 1.86 bits per heavy atom. The molecular weight excluding hydrogens is 400 g/mol. The predicted molar refractivity (Wildman–Crippen MR) is 102 cm³/mol. The van der Waals surface area contributed by atoms with Crippen LogP contribution in [0.5, 0.6) is 0 Å². The van der Waals surface area contributed by atoms with Gasteiger partial charge in [0, 0.05) is 17.0 Å². The number of nitrogens with one attached hydrogen (secondary N) is 1. The number of benzene rings is 2. The molecule has 0 fully saturated rings. The van der Waals surface area contributed by atoms with Crippen molar-refractivity contribution in [2.75, 3.05) is 0 Å². The van der Waals surface area contributed by atoms with Gasteiger partial charge < -0.3 is 4.98 Å². The van der Waals surface area contributed by atoms with Crippen molar-refractivity contribution in [1.82, 2.24) is 29.8 Å². The van der Waals surface area contributed by atoms with Crippen LogP contribution in [0.3, 0.4) is 0 Å². The number of nitro benzene ring substituents is 2. The highest BCUT2D eigenvalue weighted by Crippen LogP contribution is 2.36. The zero-order valence-electron chi connectivity index (χ0n) is 14.2. The van der Waals surface area contributed by atoms with Crippen LogP contribution in [0, 0.1) is 20.2 Å². The van der Waals surface area contributed by atoms with Gasteiger partial charge in [0.1, 0.15) is 5.52 Å². The van der Waals surface area contributed by atoms with Crippen LogP contribution < -0.4 is 0 Å². The predicted octanol–water partition coefficient (Wildman–Crippen LogP) is 3.12. The minimum absolute atomic E-state index is 0.177. The summed E-state index contributed by atoms with van der Waals surface area (Å²) in [4.78, 5) is 28.7. The van der Waals surface area contributed by atoms with E-state index in [4.69, 9.17) is 0 Å². The second-order valence-electron chi connectivity index (χ2n) is 5.94. The maximum atomic E-state index is 11.4. The lowest BCUT2D eigenvalue weighted by Crippen LogP contribution is -1.98. The monoisotopic (exact) mass is 408 g/mol. The molecule has 0 amide bonds. The minimum Gasteiger partial charge on any atom is -0.338 e. The van der Waals surface area contributed by atoms with Crippen molar-refractivity contribution in [3.8, 4) is 0 Å². The fourth-order valence-corrected chi connectivity index (χ4v) is 3.78. The summed E-state index contributed by atoms with van der Waals surface area (Å²) in [6.45, 7) is 0. The van der Waals surface area contributed by atoms with Crippen LogP contribution in [0.15, 0.2) is 52.5 Å². The van der Waals surface area contributed by atoms with E-state index < -0.39 is 15.5 Å². The molecule has 0 aliphatic carbocycles. The molecule has 29 heavy (non-hydrogen) atoms. The number of aromatic nitrogens is 6. The molecule has 142 valence electrons. The first-order chi connectivity index (χ1) is 14.0. The SMILES string of the molecule is O=[N+]([O-])c1ccc(Sc2nnc3nc4[nH]c5ccccc5c4nn23)c([N+](=O)[O-])c1. The molecule has 12 nitrogen and oxygen atoms in total. The lowest BCUT2D eigenvalue weighted by atomic mass is 10.2. The Balaban J connectivity index is 1.65. The topological polar surface area (TPSA) is 158 Å². The van der Waals surface area contributed by atoms with E-state index in [1.54, 1.807) is 0 Å². The summed E-state index contributed by atoms with van der Waals surface area (Å²) < 4.78 is 1.39. The average Bonchev–Trinajstić information content (AvgIpc) is 3.27. The summed E-state index contributed by atoms with van der Waals surface area (Å²) in [6, 6.07) is 11.0. The van der Waals surface area contributed by atoms with Crippen LogP contribution >= 0.6 is 11.8 Å². The number of hydrogen-bond acceptors (Lipinski definition) is 9. The average molecular weight is 408 g/mol. The van der Waals surface area contributed by atoms with Crippen molar-refractivity contribution in [3.05, 3.63) is 62.7 Å². The molecule has 2 aromatic carbocycles. The zero-order valence-corrected chi connectivity index (χ0v) is 15.0. The van der Waals surface area contributed by atoms with E-state index in [9.17, 15) is 20.2 Å². The van der Waals surface area contributed by atoms with Crippen molar-refractivity contribution in [2.24, 2.45) is 0 Å². The first-order valence-corrected chi connectivity index (χ1v) is 8.93. The van der Waals surface area contributed by atoms with E-state index >= 15 is 0 Å². The molecule has 5 rings (SSSR count). The Hall–Kier alpha value is -4.13. The number of rotatable bonds is 4. The maximum Gasteiger partial charge on any atom is 0.290 e. The van der Waals surface area contributed by atoms with Crippen molar-refractivity contribution >= 4 is 51.0 Å². The van der Waals surface area contributed by atoms with Crippen LogP contribution in [0.25, 0.3) is 27.8 Å². The molecule has 3 heterocycles. The molecule has 0 aliphatic rings. The van der Waals surface area contributed by atoms with Gasteiger partial charge in [-0.15, -0.1) is 10.2 Å². The van der Waals surface area contributed by atoms with E-state index in [-0.39, 0.29) is 21.5 Å². The number of hydrogen-bond donors (Lipinski definition) is 1. The summed E-state index contributed by atoms with van der Waals surface area (Å²) >= 11 is 0.928. The molecule has 0 bridgehead atoms. The third-order valence-electron chi connectivity index (χ3n) is 4.22. The Bertz CT molecular complexity index is 1460. The molecule has 0 spiro atoms. The van der Waals surface area contributed by atoms with Crippen LogP contribution in [-0.2, 0) is 0 Å². The smallest absolute Gasteiger partial charge is 0.290 e. The molecule has 3 aromatic heterocycles. The number of non-ortho nitro benzene ring substituents is 1. The van der Waals surface area contributed by atoms with Gasteiger partial charge in [-0.25, -0.2) is 0 Å². The summed E-state index contributed by atoms with van der Waals surface area (Å²) in [7, 11) is 0. The summed E-state index contributed by atoms with van der Waals surface area (Å²) in [5, 5.41) is 35.9. The molecule has 5 aromatic rings. The van der Waals surface area contributed by atoms with Gasteiger partial charge in [0.05, 0.1) is 20.8 Å². The van der Waals surface area contributed by atoms with Crippen LogP contribution in [-0.4, -0.2) is 39.6 Å². The quantitative estimate of drug-likeness (QED) is 0.348. The molecule has 0 radical (unpaired) electrons. The second kappa shape index (κ2) is 6.20. The highest BCUT2D eigenvalue weighted by molar-refractivity contribution is 7.99. The van der Waals surface area contributed by atoms with Crippen molar-refractivity contribution in [2.45, 2.75) is 10.1 Å². The maximum absolute atomic E-state index is 11.4. The second-order valence-corrected chi connectivity index (χ2v) is 6.95. The lowest BCUT2D eigenvalue weighted by molar-refractivity contribution is -0.396. The standard InChI is InChI=1S/C16H8N8O4S/c25-23(26)8-5-6-12(11(7-8)24(27)28)29-16-20-19-15-18-14-13(21-22(15)16)9-3-1-2-4-10(9)17-14/h1-7H,(H,17,18,19). The van der Waals surface area contributed by atoms with Gasteiger partial charge in [0.2, 0.25) is 5.16 Å². The van der Waals surface area contributed by atoms with Gasteiger partial charge in [0.15, 0.2) is 5.65 Å². The summed E-state index contributed by atoms with van der Waals surface area (Å²) in [5.74, 6) is 0.219. The highest BCUT2D eigenvalue weighted by atomic mass is 32.2. The molecule has 1 N–H and O–H groups in total. The van der Waals surface area contributed by atoms with Crippen molar-refractivity contribution in [1.29, 1.82) is 0 Å². The molecule has 13 heteroatoms. The molecule has 0 atom stereocenters. The van der Waals surface area contributed by atoms with Gasteiger partial charge in [-0.2, -0.15) is 14.6 Å². The lowest BCUT2D eigenvalue weighted by Gasteiger charge is -2.01. The molecule has 0 saturated heterocycles. The number of fused-ring (bicyclic) bond motifs is 4. The van der Waals surface area contributed by atoms with E-state index in [1.807, 2.05) is 24.3 Å². The van der Waals surface area contributed by atoms with Crippen molar-refractivity contribution < 1.29 is 9.85 Å². The van der Waals surface area contributed by atoms with E-state index in [1.165, 1.54) is 16.6 Å². The third-order valence-corrected chi connectivity index (χ3v) is 5.22. The molecule has 0 saturated carbocycles. The van der Waals surface area contributed by atoms with E-state index in [2.05, 4.69) is 25.3 Å². The first-order valence-electron chi connectivity index (χ1n) is 8.12. The Morgan fingerprint density at radius 3 is 2.66 bits per heavy atom. The normalized spacial score (nSPS) is 11.4. The summed E-state index contributed by atoms with van der Waals surface area (Å²) in [6.07, 6.45) is 0. The van der Waals surface area contributed by atoms with Gasteiger partial charge in [-0.05, 0) is 23.9 Å². The number of H-pyrrole nitrogens is 1. The van der Waals surface area contributed by atoms with Gasteiger partial charge in [0.25, 0.3) is 17.2 Å². The number of nitrogens with zero attached hydrogens (tertiary/aromatic N) is 7. The molecule has 0 aliphatic heterocycles. The fourth-order valence-electron chi connectivity index (χ4n) is 2.92. The van der Waals surface area contributed by atoms with Gasteiger partial charge >= 0.3 is 0 Å². The molecule has 0 unspecified atom stereocenters. The number of aromatic amines is 1.